The van der Waals surface area contributed by atoms with Crippen molar-refractivity contribution >= 4 is 17.3 Å². The molecule has 0 spiro atoms. The van der Waals surface area contributed by atoms with Gasteiger partial charge < -0.3 is 9.80 Å². The van der Waals surface area contributed by atoms with Crippen LogP contribution in [-0.4, -0.2) is 18.5 Å². The Morgan fingerprint density at radius 3 is 2.28 bits per heavy atom. The molecule has 1 atom stereocenters. The van der Waals surface area contributed by atoms with E-state index >= 15 is 0 Å². The molecule has 1 saturated heterocycles. The lowest BCUT2D eigenvalue weighted by Crippen LogP contribution is -2.50. The van der Waals surface area contributed by atoms with Crippen LogP contribution in [0, 0.1) is 0 Å². The zero-order valence-electron chi connectivity index (χ0n) is 15.0. The fourth-order valence-corrected chi connectivity index (χ4v) is 3.96. The molecule has 0 aliphatic carbocycles. The molecule has 154 valence electrons. The summed E-state index contributed by atoms with van der Waals surface area (Å²) in [7, 11) is 0. The third kappa shape index (κ3) is 3.54. The summed E-state index contributed by atoms with van der Waals surface area (Å²) in [6.07, 6.45) is -7.88. The smallest absolute Gasteiger partial charge is 0.358 e. The van der Waals surface area contributed by atoms with Crippen molar-refractivity contribution in [2.45, 2.75) is 37.8 Å². The maximum Gasteiger partial charge on any atom is 0.416 e. The van der Waals surface area contributed by atoms with Gasteiger partial charge in [-0.25, -0.2) is 0 Å². The van der Waals surface area contributed by atoms with Crippen molar-refractivity contribution in [3.8, 4) is 0 Å². The molecule has 0 N–H and O–H groups in total. The summed E-state index contributed by atoms with van der Waals surface area (Å²) in [6, 6.07) is 7.17. The Labute approximate surface area is 162 Å². The van der Waals surface area contributed by atoms with Gasteiger partial charge in [0.2, 0.25) is 5.91 Å². The van der Waals surface area contributed by atoms with Gasteiger partial charge >= 0.3 is 12.4 Å². The van der Waals surface area contributed by atoms with Crippen LogP contribution in [-0.2, 0) is 23.7 Å². The number of benzene rings is 2. The van der Waals surface area contributed by atoms with Gasteiger partial charge in [0.25, 0.3) is 0 Å². The Morgan fingerprint density at radius 1 is 0.897 bits per heavy atom. The number of fused-ring (bicyclic) bond motifs is 3. The van der Waals surface area contributed by atoms with Gasteiger partial charge in [-0.05, 0) is 48.7 Å². The molecule has 1 amide bonds. The minimum Gasteiger partial charge on any atom is -0.358 e. The van der Waals surface area contributed by atoms with E-state index in [1.165, 1.54) is 23.1 Å². The van der Waals surface area contributed by atoms with Gasteiger partial charge in [-0.3, -0.25) is 4.79 Å². The van der Waals surface area contributed by atoms with Crippen LogP contribution in [0.25, 0.3) is 0 Å². The largest absolute Gasteiger partial charge is 0.416 e. The minimum absolute atomic E-state index is 0.0698. The highest BCUT2D eigenvalue weighted by Gasteiger charge is 2.42. The van der Waals surface area contributed by atoms with Crippen molar-refractivity contribution in [2.24, 2.45) is 0 Å². The molecule has 2 aliphatic rings. The molecule has 0 aromatic heterocycles. The number of anilines is 2. The van der Waals surface area contributed by atoms with Gasteiger partial charge in [-0.2, -0.15) is 26.3 Å². The summed E-state index contributed by atoms with van der Waals surface area (Å²) >= 11 is 0. The van der Waals surface area contributed by atoms with Crippen LogP contribution >= 0.6 is 0 Å². The maximum atomic E-state index is 13.2. The monoisotopic (exact) mass is 414 g/mol. The second-order valence-corrected chi connectivity index (χ2v) is 7.18. The second-order valence-electron chi connectivity index (χ2n) is 7.18. The van der Waals surface area contributed by atoms with E-state index in [-0.39, 0.29) is 17.8 Å². The number of hydrogen-bond donors (Lipinski definition) is 0. The van der Waals surface area contributed by atoms with Crippen LogP contribution in [0.15, 0.2) is 42.5 Å². The Hall–Kier alpha value is -2.71. The lowest BCUT2D eigenvalue weighted by Gasteiger charge is -2.40. The van der Waals surface area contributed by atoms with Crippen molar-refractivity contribution < 1.29 is 31.1 Å². The van der Waals surface area contributed by atoms with Crippen molar-refractivity contribution in [3.63, 3.8) is 0 Å². The van der Waals surface area contributed by atoms with E-state index in [0.717, 1.165) is 24.3 Å². The Kier molecular flexibility index (Phi) is 4.51. The average molecular weight is 414 g/mol. The number of hydrogen-bond acceptors (Lipinski definition) is 2. The number of rotatable bonds is 2. The van der Waals surface area contributed by atoms with E-state index in [2.05, 4.69) is 0 Å². The summed E-state index contributed by atoms with van der Waals surface area (Å²) in [5.41, 5.74) is -1.02. The molecule has 2 aromatic carbocycles. The third-order valence-electron chi connectivity index (χ3n) is 5.30. The quantitative estimate of drug-likeness (QED) is 0.628. The molecule has 1 unspecified atom stereocenters. The molecular weight excluding hydrogens is 398 g/mol. The number of amides is 1. The van der Waals surface area contributed by atoms with Gasteiger partial charge in [0.15, 0.2) is 0 Å². The maximum absolute atomic E-state index is 13.2. The second kappa shape index (κ2) is 6.67. The normalized spacial score (nSPS) is 19.4. The van der Waals surface area contributed by atoms with Crippen LogP contribution in [0.3, 0.4) is 0 Å². The lowest BCUT2D eigenvalue weighted by atomic mass is 10.0. The predicted molar refractivity (Wildman–Crippen MR) is 94.4 cm³/mol. The molecular formula is C20H16F6N2O. The van der Waals surface area contributed by atoms with E-state index < -0.39 is 35.4 Å². The summed E-state index contributed by atoms with van der Waals surface area (Å²) in [4.78, 5) is 15.9. The van der Waals surface area contributed by atoms with E-state index in [9.17, 15) is 31.1 Å². The van der Waals surface area contributed by atoms with Gasteiger partial charge in [0.1, 0.15) is 6.04 Å². The van der Waals surface area contributed by atoms with E-state index in [4.69, 9.17) is 0 Å². The number of halogens is 6. The van der Waals surface area contributed by atoms with Crippen molar-refractivity contribution in [1.82, 2.24) is 0 Å². The molecule has 3 nitrogen and oxygen atoms in total. The standard InChI is InChI=1S/C20H16F6N2O/c21-19(22,23)13-4-1-3-12(9-13)11-28-17-10-14(20(24,25)26)6-7-15(17)27-8-2-5-16(27)18(28)29/h1,3-4,6-7,9-10,16H,2,5,8,11H2. The van der Waals surface area contributed by atoms with Gasteiger partial charge in [-0.1, -0.05) is 12.1 Å². The first-order valence-corrected chi connectivity index (χ1v) is 9.01. The molecule has 0 saturated carbocycles. The van der Waals surface area contributed by atoms with Gasteiger partial charge in [0.05, 0.1) is 29.0 Å². The highest BCUT2D eigenvalue weighted by atomic mass is 19.4. The summed E-state index contributed by atoms with van der Waals surface area (Å²) < 4.78 is 78.7. The first-order valence-electron chi connectivity index (χ1n) is 9.01. The third-order valence-corrected chi connectivity index (χ3v) is 5.30. The number of carbonyl (C=O) groups excluding carboxylic acids is 1. The van der Waals surface area contributed by atoms with Crippen LogP contribution in [0.2, 0.25) is 0 Å². The first kappa shape index (κ1) is 19.6. The van der Waals surface area contributed by atoms with Crippen molar-refractivity contribution in [2.75, 3.05) is 16.3 Å². The SMILES string of the molecule is O=C1C2CCCN2c2ccc(C(F)(F)F)cc2N1Cc1cccc(C(F)(F)F)c1. The van der Waals surface area contributed by atoms with Crippen molar-refractivity contribution in [3.05, 3.63) is 59.2 Å². The van der Waals surface area contributed by atoms with E-state index in [1.807, 2.05) is 0 Å². The first-order chi connectivity index (χ1) is 13.6. The fraction of sp³-hybridized carbons (Fsp3) is 0.350. The highest BCUT2D eigenvalue weighted by Crippen LogP contribution is 2.44. The van der Waals surface area contributed by atoms with Crippen LogP contribution in [0.5, 0.6) is 0 Å². The summed E-state index contributed by atoms with van der Waals surface area (Å²) in [6.45, 7) is 0.313. The zero-order valence-corrected chi connectivity index (χ0v) is 15.0. The molecule has 4 rings (SSSR count). The molecule has 2 aliphatic heterocycles. The molecule has 0 radical (unpaired) electrons. The Bertz CT molecular complexity index is 953. The highest BCUT2D eigenvalue weighted by molar-refractivity contribution is 6.06. The molecule has 1 fully saturated rings. The number of alkyl halides is 6. The van der Waals surface area contributed by atoms with Crippen LogP contribution < -0.4 is 9.80 Å². The Balaban J connectivity index is 1.77. The van der Waals surface area contributed by atoms with E-state index in [1.54, 1.807) is 4.90 Å². The fourth-order valence-electron chi connectivity index (χ4n) is 3.96. The molecule has 2 aromatic rings. The zero-order chi connectivity index (χ0) is 21.0. The van der Waals surface area contributed by atoms with Crippen LogP contribution in [0.4, 0.5) is 37.7 Å². The summed E-state index contributed by atoms with van der Waals surface area (Å²) in [5, 5.41) is 0. The van der Waals surface area contributed by atoms with Crippen molar-refractivity contribution in [1.29, 1.82) is 0 Å². The molecule has 0 bridgehead atoms. The van der Waals surface area contributed by atoms with Gasteiger partial charge in [-0.15, -0.1) is 0 Å². The number of nitrogens with zero attached hydrogens (tertiary/aromatic N) is 2. The molecule has 2 heterocycles. The lowest BCUT2D eigenvalue weighted by molar-refractivity contribution is -0.138. The minimum atomic E-state index is -4.60. The molecule has 9 heteroatoms. The average Bonchev–Trinajstić information content (AvgIpc) is 3.14. The summed E-state index contributed by atoms with van der Waals surface area (Å²) in [5.74, 6) is -0.397. The Morgan fingerprint density at radius 2 is 1.59 bits per heavy atom. The topological polar surface area (TPSA) is 23.6 Å². The predicted octanol–water partition coefficient (Wildman–Crippen LogP) is 5.24. The van der Waals surface area contributed by atoms with Gasteiger partial charge in [0, 0.05) is 6.54 Å². The van der Waals surface area contributed by atoms with E-state index in [0.29, 0.717) is 25.1 Å². The molecule has 29 heavy (non-hydrogen) atoms. The number of carbonyl (C=O) groups is 1. The van der Waals surface area contributed by atoms with Crippen LogP contribution in [0.1, 0.15) is 29.5 Å².